The van der Waals surface area contributed by atoms with Crippen LogP contribution in [-0.2, 0) is 4.79 Å². The Bertz CT molecular complexity index is 889. The summed E-state index contributed by atoms with van der Waals surface area (Å²) in [5, 5.41) is 3.76. The monoisotopic (exact) mass is 358 g/mol. The molecule has 2 aromatic heterocycles. The van der Waals surface area contributed by atoms with E-state index in [9.17, 15) is 4.79 Å². The minimum Gasteiger partial charge on any atom is -0.457 e. The first kappa shape index (κ1) is 16.3. The molecule has 0 aliphatic rings. The lowest BCUT2D eigenvalue weighted by Crippen LogP contribution is -2.07. The van der Waals surface area contributed by atoms with Gasteiger partial charge < -0.3 is 9.73 Å². The minimum absolute atomic E-state index is 0.273. The Kier molecular flexibility index (Phi) is 4.99. The summed E-state index contributed by atoms with van der Waals surface area (Å²) >= 11 is 12.0. The fraction of sp³-hybridized carbons (Fsp3) is 0. The number of anilines is 1. The highest BCUT2D eigenvalue weighted by molar-refractivity contribution is 6.36. The van der Waals surface area contributed by atoms with Crippen molar-refractivity contribution in [3.8, 4) is 11.3 Å². The molecule has 0 fully saturated rings. The van der Waals surface area contributed by atoms with Crippen molar-refractivity contribution < 1.29 is 9.21 Å². The van der Waals surface area contributed by atoms with Crippen LogP contribution < -0.4 is 5.32 Å². The van der Waals surface area contributed by atoms with E-state index < -0.39 is 0 Å². The smallest absolute Gasteiger partial charge is 0.248 e. The molecular weight excluding hydrogens is 347 g/mol. The van der Waals surface area contributed by atoms with E-state index in [0.29, 0.717) is 27.3 Å². The van der Waals surface area contributed by atoms with Crippen LogP contribution in [0.4, 0.5) is 5.69 Å². The number of halogens is 2. The molecule has 120 valence electrons. The Morgan fingerprint density at radius 3 is 2.79 bits per heavy atom. The number of rotatable bonds is 4. The van der Waals surface area contributed by atoms with E-state index in [2.05, 4.69) is 10.3 Å². The summed E-state index contributed by atoms with van der Waals surface area (Å²) in [4.78, 5) is 15.8. The highest BCUT2D eigenvalue weighted by atomic mass is 35.5. The zero-order valence-corrected chi connectivity index (χ0v) is 13.9. The zero-order valence-electron chi connectivity index (χ0n) is 12.4. The van der Waals surface area contributed by atoms with E-state index in [0.717, 1.165) is 5.56 Å². The van der Waals surface area contributed by atoms with Crippen LogP contribution in [0.5, 0.6) is 0 Å². The van der Waals surface area contributed by atoms with Crippen LogP contribution in [0.25, 0.3) is 17.4 Å². The Morgan fingerprint density at radius 2 is 2.04 bits per heavy atom. The summed E-state index contributed by atoms with van der Waals surface area (Å²) in [6.45, 7) is 0. The first-order valence-electron chi connectivity index (χ1n) is 7.06. The summed E-state index contributed by atoms with van der Waals surface area (Å²) in [5.74, 6) is 0.867. The molecule has 3 aromatic rings. The first-order valence-corrected chi connectivity index (χ1v) is 7.82. The van der Waals surface area contributed by atoms with E-state index in [4.69, 9.17) is 27.6 Å². The van der Waals surface area contributed by atoms with Gasteiger partial charge >= 0.3 is 0 Å². The Labute approximate surface area is 148 Å². The van der Waals surface area contributed by atoms with Gasteiger partial charge in [0.25, 0.3) is 0 Å². The van der Waals surface area contributed by atoms with Gasteiger partial charge in [0.2, 0.25) is 5.91 Å². The lowest BCUT2D eigenvalue weighted by atomic mass is 10.2. The topological polar surface area (TPSA) is 55.1 Å². The zero-order chi connectivity index (χ0) is 16.9. The maximum Gasteiger partial charge on any atom is 0.248 e. The Morgan fingerprint density at radius 1 is 1.17 bits per heavy atom. The maximum atomic E-state index is 11.9. The van der Waals surface area contributed by atoms with Crippen molar-refractivity contribution in [1.29, 1.82) is 0 Å². The van der Waals surface area contributed by atoms with Crippen LogP contribution >= 0.6 is 23.2 Å². The van der Waals surface area contributed by atoms with E-state index in [-0.39, 0.29) is 5.91 Å². The molecule has 3 rings (SSSR count). The van der Waals surface area contributed by atoms with Crippen molar-refractivity contribution in [2.75, 3.05) is 5.32 Å². The SMILES string of the molecule is O=C(/C=C/c1ccc(-c2ccc(Cl)cc2Cl)o1)Nc1cccnc1. The summed E-state index contributed by atoms with van der Waals surface area (Å²) < 4.78 is 5.68. The second kappa shape index (κ2) is 7.34. The number of furan rings is 1. The number of nitrogens with one attached hydrogen (secondary N) is 1. The van der Waals surface area contributed by atoms with Gasteiger partial charge in [0.1, 0.15) is 11.5 Å². The van der Waals surface area contributed by atoms with Crippen LogP contribution in [0, 0.1) is 0 Å². The number of aromatic nitrogens is 1. The standard InChI is InChI=1S/C18H12Cl2N2O2/c19-12-3-6-15(16(20)10-12)17-7-4-14(24-17)5-8-18(23)22-13-2-1-9-21-11-13/h1-11H,(H,22,23)/b8-5+. The van der Waals surface area contributed by atoms with Gasteiger partial charge in [0.05, 0.1) is 16.9 Å². The number of hydrogen-bond donors (Lipinski definition) is 1. The predicted molar refractivity (Wildman–Crippen MR) is 96.1 cm³/mol. The number of carbonyl (C=O) groups excluding carboxylic acids is 1. The van der Waals surface area contributed by atoms with Crippen LogP contribution in [0.3, 0.4) is 0 Å². The van der Waals surface area contributed by atoms with Gasteiger partial charge in [-0.25, -0.2) is 0 Å². The third-order valence-electron chi connectivity index (χ3n) is 3.15. The quantitative estimate of drug-likeness (QED) is 0.643. The van der Waals surface area contributed by atoms with Crippen LogP contribution in [0.1, 0.15) is 5.76 Å². The molecule has 0 spiro atoms. The average molecular weight is 359 g/mol. The molecule has 6 heteroatoms. The molecule has 0 saturated carbocycles. The molecule has 1 aromatic carbocycles. The number of nitrogens with zero attached hydrogens (tertiary/aromatic N) is 1. The molecule has 0 unspecified atom stereocenters. The minimum atomic E-state index is -0.273. The normalized spacial score (nSPS) is 10.9. The molecule has 2 heterocycles. The molecule has 1 amide bonds. The molecule has 24 heavy (non-hydrogen) atoms. The number of benzene rings is 1. The van der Waals surface area contributed by atoms with Crippen molar-refractivity contribution in [3.63, 3.8) is 0 Å². The van der Waals surface area contributed by atoms with E-state index in [1.807, 2.05) is 0 Å². The molecule has 0 atom stereocenters. The van der Waals surface area contributed by atoms with Crippen molar-refractivity contribution in [2.24, 2.45) is 0 Å². The van der Waals surface area contributed by atoms with Gasteiger partial charge in [-0.1, -0.05) is 23.2 Å². The molecule has 0 saturated heterocycles. The fourth-order valence-electron chi connectivity index (χ4n) is 2.05. The molecule has 0 aliphatic heterocycles. The Hall–Kier alpha value is -2.56. The molecule has 0 aliphatic carbocycles. The van der Waals surface area contributed by atoms with E-state index in [1.165, 1.54) is 6.08 Å². The highest BCUT2D eigenvalue weighted by Gasteiger charge is 2.08. The number of amides is 1. The van der Waals surface area contributed by atoms with Gasteiger partial charge in [-0.2, -0.15) is 0 Å². The van der Waals surface area contributed by atoms with Crippen LogP contribution in [0.2, 0.25) is 10.0 Å². The van der Waals surface area contributed by atoms with Crippen LogP contribution in [-0.4, -0.2) is 10.9 Å². The molecule has 0 bridgehead atoms. The largest absolute Gasteiger partial charge is 0.457 e. The van der Waals surface area contributed by atoms with Gasteiger partial charge in [0.15, 0.2) is 0 Å². The number of pyridine rings is 1. The van der Waals surface area contributed by atoms with Crippen molar-refractivity contribution in [2.45, 2.75) is 0 Å². The van der Waals surface area contributed by atoms with Crippen molar-refractivity contribution in [3.05, 3.63) is 76.7 Å². The van der Waals surface area contributed by atoms with Crippen molar-refractivity contribution >= 4 is 40.9 Å². The number of hydrogen-bond acceptors (Lipinski definition) is 3. The highest BCUT2D eigenvalue weighted by Crippen LogP contribution is 2.31. The average Bonchev–Trinajstić information content (AvgIpc) is 3.02. The number of carbonyl (C=O) groups is 1. The first-order chi connectivity index (χ1) is 11.6. The molecule has 4 nitrogen and oxygen atoms in total. The lowest BCUT2D eigenvalue weighted by molar-refractivity contribution is -0.111. The third-order valence-corrected chi connectivity index (χ3v) is 3.70. The van der Waals surface area contributed by atoms with Crippen LogP contribution in [0.15, 0.2) is 65.4 Å². The van der Waals surface area contributed by atoms with Gasteiger partial charge in [0, 0.05) is 22.9 Å². The summed E-state index contributed by atoms with van der Waals surface area (Å²) in [6.07, 6.45) is 6.18. The molecular formula is C18H12Cl2N2O2. The fourth-order valence-corrected chi connectivity index (χ4v) is 2.56. The summed E-state index contributed by atoms with van der Waals surface area (Å²) in [7, 11) is 0. The van der Waals surface area contributed by atoms with Gasteiger partial charge in [-0.3, -0.25) is 9.78 Å². The lowest BCUT2D eigenvalue weighted by Gasteiger charge is -2.01. The third kappa shape index (κ3) is 4.04. The second-order valence-corrected chi connectivity index (χ2v) is 5.73. The summed E-state index contributed by atoms with van der Waals surface area (Å²) in [5.41, 5.74) is 1.36. The summed E-state index contributed by atoms with van der Waals surface area (Å²) in [6, 6.07) is 12.2. The predicted octanol–water partition coefficient (Wildman–Crippen LogP) is 5.30. The maximum absolute atomic E-state index is 11.9. The van der Waals surface area contributed by atoms with E-state index in [1.54, 1.807) is 60.9 Å². The second-order valence-electron chi connectivity index (χ2n) is 4.89. The van der Waals surface area contributed by atoms with Gasteiger partial charge in [-0.05, 0) is 48.5 Å². The van der Waals surface area contributed by atoms with Crippen molar-refractivity contribution in [1.82, 2.24) is 4.98 Å². The Balaban J connectivity index is 1.70. The molecule has 1 N–H and O–H groups in total. The molecule has 0 radical (unpaired) electrons. The van der Waals surface area contributed by atoms with Gasteiger partial charge in [-0.15, -0.1) is 0 Å². The van der Waals surface area contributed by atoms with E-state index >= 15 is 0 Å².